The van der Waals surface area contributed by atoms with Gasteiger partial charge in [0.25, 0.3) is 10.0 Å². The first-order valence-corrected chi connectivity index (χ1v) is 14.6. The van der Waals surface area contributed by atoms with Gasteiger partial charge in [0, 0.05) is 13.1 Å². The molecule has 0 spiro atoms. The third-order valence-electron chi connectivity index (χ3n) is 6.36. The maximum absolute atomic E-state index is 14.0. The van der Waals surface area contributed by atoms with Crippen LogP contribution in [0.1, 0.15) is 38.3 Å². The second kappa shape index (κ2) is 13.8. The average molecular weight is 552 g/mol. The molecule has 3 rings (SSSR count). The van der Waals surface area contributed by atoms with Gasteiger partial charge in [0.05, 0.1) is 17.2 Å². The molecular weight excluding hydrogens is 514 g/mol. The summed E-state index contributed by atoms with van der Waals surface area (Å²) in [6.07, 6.45) is 0.751. The number of ether oxygens (including phenoxy) is 1. The molecule has 3 aromatic carbocycles. The van der Waals surface area contributed by atoms with Crippen LogP contribution in [0.4, 0.5) is 5.69 Å². The van der Waals surface area contributed by atoms with Crippen molar-refractivity contribution in [2.45, 2.75) is 51.6 Å². The number of benzene rings is 3. The highest BCUT2D eigenvalue weighted by Gasteiger charge is 2.33. The minimum Gasteiger partial charge on any atom is -0.492 e. The maximum Gasteiger partial charge on any atom is 0.264 e. The molecule has 0 aliphatic rings. The molecule has 1 atom stereocenters. The number of nitrogens with zero attached hydrogens (tertiary/aromatic N) is 2. The SMILES string of the molecule is CCCNC(=O)[C@@H](C)N(Cc1ccccc1C)C(=O)CN(c1ccccc1OCC)S(=O)(=O)c1ccccc1. The normalized spacial score (nSPS) is 11.9. The lowest BCUT2D eigenvalue weighted by Gasteiger charge is -2.32. The number of hydrogen-bond donors (Lipinski definition) is 1. The number of rotatable bonds is 13. The first-order chi connectivity index (χ1) is 18.7. The molecule has 0 fully saturated rings. The van der Waals surface area contributed by atoms with Crippen LogP contribution in [0.25, 0.3) is 0 Å². The molecule has 0 unspecified atom stereocenters. The molecule has 39 heavy (non-hydrogen) atoms. The van der Waals surface area contributed by atoms with Gasteiger partial charge in [-0.1, -0.05) is 61.5 Å². The van der Waals surface area contributed by atoms with Crippen LogP contribution in [-0.2, 0) is 26.2 Å². The number of carbonyl (C=O) groups is 2. The summed E-state index contributed by atoms with van der Waals surface area (Å²) in [4.78, 5) is 28.5. The van der Waals surface area contributed by atoms with E-state index in [1.165, 1.54) is 17.0 Å². The van der Waals surface area contributed by atoms with Crippen LogP contribution in [-0.4, -0.2) is 50.9 Å². The van der Waals surface area contributed by atoms with Crippen LogP contribution in [0.2, 0.25) is 0 Å². The molecule has 3 aromatic rings. The van der Waals surface area contributed by atoms with Crippen LogP contribution in [0.3, 0.4) is 0 Å². The molecule has 0 aromatic heterocycles. The van der Waals surface area contributed by atoms with E-state index in [1.54, 1.807) is 56.3 Å². The minimum absolute atomic E-state index is 0.0447. The standard InChI is InChI=1S/C30H37N3O5S/c1-5-20-31-30(35)24(4)32(21-25-15-11-10-14-23(25)3)29(34)22-33(27-18-12-13-19-28(27)38-6-2)39(36,37)26-16-8-7-9-17-26/h7-19,24H,5-6,20-22H2,1-4H3,(H,31,35)/t24-/m1/s1. The molecule has 9 heteroatoms. The molecular formula is C30H37N3O5S. The fraction of sp³-hybridized carbons (Fsp3) is 0.333. The Bertz CT molecular complexity index is 1360. The molecule has 0 bridgehead atoms. The van der Waals surface area contributed by atoms with Gasteiger partial charge in [0.1, 0.15) is 18.3 Å². The van der Waals surface area contributed by atoms with Gasteiger partial charge in [-0.3, -0.25) is 13.9 Å². The summed E-state index contributed by atoms with van der Waals surface area (Å²) >= 11 is 0. The summed E-state index contributed by atoms with van der Waals surface area (Å²) in [6.45, 7) is 7.78. The number of nitrogens with one attached hydrogen (secondary N) is 1. The minimum atomic E-state index is -4.16. The smallest absolute Gasteiger partial charge is 0.264 e. The fourth-order valence-electron chi connectivity index (χ4n) is 4.12. The predicted molar refractivity (Wildman–Crippen MR) is 153 cm³/mol. The third kappa shape index (κ3) is 7.38. The number of aryl methyl sites for hydroxylation is 1. The predicted octanol–water partition coefficient (Wildman–Crippen LogP) is 4.53. The van der Waals surface area contributed by atoms with Crippen LogP contribution < -0.4 is 14.4 Å². The van der Waals surface area contributed by atoms with Crippen molar-refractivity contribution in [3.63, 3.8) is 0 Å². The van der Waals surface area contributed by atoms with E-state index in [-0.39, 0.29) is 23.0 Å². The molecule has 0 saturated heterocycles. The van der Waals surface area contributed by atoms with Crippen LogP contribution in [0.15, 0.2) is 83.8 Å². The van der Waals surface area contributed by atoms with Gasteiger partial charge in [0.15, 0.2) is 0 Å². The van der Waals surface area contributed by atoms with E-state index in [2.05, 4.69) is 5.32 Å². The van der Waals surface area contributed by atoms with E-state index >= 15 is 0 Å². The topological polar surface area (TPSA) is 96.0 Å². The molecule has 1 N–H and O–H groups in total. The Labute approximate surface area is 231 Å². The van der Waals surface area contributed by atoms with Crippen LogP contribution in [0, 0.1) is 6.92 Å². The fourth-order valence-corrected chi connectivity index (χ4v) is 5.57. The summed E-state index contributed by atoms with van der Waals surface area (Å²) < 4.78 is 34.7. The van der Waals surface area contributed by atoms with Crippen molar-refractivity contribution < 1.29 is 22.7 Å². The van der Waals surface area contributed by atoms with E-state index in [0.29, 0.717) is 18.9 Å². The average Bonchev–Trinajstić information content (AvgIpc) is 2.94. The lowest BCUT2D eigenvalue weighted by molar-refractivity contribution is -0.139. The number of amides is 2. The van der Waals surface area contributed by atoms with Crippen LogP contribution >= 0.6 is 0 Å². The van der Waals surface area contributed by atoms with E-state index < -0.39 is 28.5 Å². The van der Waals surface area contributed by atoms with E-state index in [4.69, 9.17) is 4.74 Å². The van der Waals surface area contributed by atoms with E-state index in [9.17, 15) is 18.0 Å². The Morgan fingerprint density at radius 2 is 1.56 bits per heavy atom. The van der Waals surface area contributed by atoms with Gasteiger partial charge < -0.3 is 15.0 Å². The summed E-state index contributed by atoms with van der Waals surface area (Å²) in [5.74, 6) is -0.472. The third-order valence-corrected chi connectivity index (χ3v) is 8.14. The first kappa shape index (κ1) is 29.7. The van der Waals surface area contributed by atoms with Crippen molar-refractivity contribution >= 4 is 27.5 Å². The second-order valence-electron chi connectivity index (χ2n) is 9.14. The van der Waals surface area contributed by atoms with Crippen molar-refractivity contribution in [2.75, 3.05) is 24.0 Å². The molecule has 0 saturated carbocycles. The van der Waals surface area contributed by atoms with Crippen molar-refractivity contribution in [1.82, 2.24) is 10.2 Å². The van der Waals surface area contributed by atoms with Crippen molar-refractivity contribution in [3.8, 4) is 5.75 Å². The van der Waals surface area contributed by atoms with Crippen molar-refractivity contribution in [1.29, 1.82) is 0 Å². The Morgan fingerprint density at radius 3 is 2.23 bits per heavy atom. The van der Waals surface area contributed by atoms with Crippen LogP contribution in [0.5, 0.6) is 5.75 Å². The summed E-state index contributed by atoms with van der Waals surface area (Å²) in [7, 11) is -4.16. The highest BCUT2D eigenvalue weighted by Crippen LogP contribution is 2.33. The summed E-state index contributed by atoms with van der Waals surface area (Å²) in [5.41, 5.74) is 2.08. The maximum atomic E-state index is 14.0. The van der Waals surface area contributed by atoms with Crippen molar-refractivity contribution in [3.05, 3.63) is 90.0 Å². The Balaban J connectivity index is 2.07. The Hall–Kier alpha value is -3.85. The Morgan fingerprint density at radius 1 is 0.923 bits per heavy atom. The van der Waals surface area contributed by atoms with Gasteiger partial charge in [-0.05, 0) is 62.6 Å². The van der Waals surface area contributed by atoms with Crippen molar-refractivity contribution in [2.24, 2.45) is 0 Å². The molecule has 208 valence electrons. The zero-order valence-electron chi connectivity index (χ0n) is 23.0. The number of hydrogen-bond acceptors (Lipinski definition) is 5. The molecule has 0 heterocycles. The van der Waals surface area contributed by atoms with Gasteiger partial charge in [0.2, 0.25) is 11.8 Å². The zero-order valence-corrected chi connectivity index (χ0v) is 23.8. The molecule has 2 amide bonds. The molecule has 8 nitrogen and oxygen atoms in total. The summed E-state index contributed by atoms with van der Waals surface area (Å²) in [6, 6.07) is 21.5. The lowest BCUT2D eigenvalue weighted by Crippen LogP contribution is -2.51. The van der Waals surface area contributed by atoms with E-state index in [0.717, 1.165) is 21.9 Å². The zero-order chi connectivity index (χ0) is 28.4. The second-order valence-corrected chi connectivity index (χ2v) is 11.0. The number of para-hydroxylation sites is 2. The number of anilines is 1. The monoisotopic (exact) mass is 551 g/mol. The van der Waals surface area contributed by atoms with Gasteiger partial charge in [-0.2, -0.15) is 0 Å². The number of carbonyl (C=O) groups excluding carboxylic acids is 2. The molecule has 0 radical (unpaired) electrons. The van der Waals surface area contributed by atoms with Gasteiger partial charge in [-0.15, -0.1) is 0 Å². The lowest BCUT2D eigenvalue weighted by atomic mass is 10.1. The summed E-state index contributed by atoms with van der Waals surface area (Å²) in [5, 5.41) is 2.85. The molecule has 0 aliphatic carbocycles. The highest BCUT2D eigenvalue weighted by atomic mass is 32.2. The van der Waals surface area contributed by atoms with Gasteiger partial charge >= 0.3 is 0 Å². The number of sulfonamides is 1. The quantitative estimate of drug-likeness (QED) is 0.337. The first-order valence-electron chi connectivity index (χ1n) is 13.1. The highest BCUT2D eigenvalue weighted by molar-refractivity contribution is 7.92. The van der Waals surface area contributed by atoms with E-state index in [1.807, 2.05) is 38.1 Å². The Kier molecular flexibility index (Phi) is 10.5. The largest absolute Gasteiger partial charge is 0.492 e. The molecule has 0 aliphatic heterocycles. The van der Waals surface area contributed by atoms with Gasteiger partial charge in [-0.25, -0.2) is 8.42 Å².